The Bertz CT molecular complexity index is 575. The number of aliphatic imine (C=N–C) groups is 1. The van der Waals surface area contributed by atoms with Crippen LogP contribution in [0.4, 0.5) is 5.69 Å². The minimum absolute atomic E-state index is 0.537. The van der Waals surface area contributed by atoms with E-state index in [0.717, 1.165) is 27.7 Å². The molecule has 1 aliphatic carbocycles. The second kappa shape index (κ2) is 6.38. The third kappa shape index (κ3) is 3.13. The smallest absolute Gasteiger partial charge is 0.101 e. The highest BCUT2D eigenvalue weighted by molar-refractivity contribution is 8.15. The number of thioether (sulfide) groups is 1. The molecule has 4 heteroatoms. The van der Waals surface area contributed by atoms with Crippen LogP contribution in [0.3, 0.4) is 0 Å². The zero-order chi connectivity index (χ0) is 13.9. The van der Waals surface area contributed by atoms with E-state index >= 15 is 0 Å². The van der Waals surface area contributed by atoms with Crippen molar-refractivity contribution in [3.05, 3.63) is 52.5 Å². The molecule has 2 atom stereocenters. The van der Waals surface area contributed by atoms with Crippen LogP contribution in [-0.2, 0) is 0 Å². The van der Waals surface area contributed by atoms with Crippen molar-refractivity contribution in [1.29, 1.82) is 0 Å². The van der Waals surface area contributed by atoms with Gasteiger partial charge in [0.05, 0.1) is 5.69 Å². The monoisotopic (exact) mass is 323 g/mol. The summed E-state index contributed by atoms with van der Waals surface area (Å²) >= 11 is 13.7. The van der Waals surface area contributed by atoms with Crippen LogP contribution in [0.1, 0.15) is 19.3 Å². The summed E-state index contributed by atoms with van der Waals surface area (Å²) in [5, 5.41) is 2.30. The van der Waals surface area contributed by atoms with Gasteiger partial charge in [-0.25, -0.2) is 4.99 Å². The van der Waals surface area contributed by atoms with Crippen LogP contribution in [0, 0.1) is 5.92 Å². The second-order valence-electron chi connectivity index (χ2n) is 5.08. The molecule has 2 unspecified atom stereocenters. The summed E-state index contributed by atoms with van der Waals surface area (Å²) in [5.41, 5.74) is 3.77. The quantitative estimate of drug-likeness (QED) is 0.580. The molecule has 1 aliphatic heterocycles. The highest BCUT2D eigenvalue weighted by atomic mass is 35.5. The van der Waals surface area contributed by atoms with Crippen molar-refractivity contribution in [3.63, 3.8) is 0 Å². The van der Waals surface area contributed by atoms with Crippen molar-refractivity contribution in [2.24, 2.45) is 10.9 Å². The molecule has 0 saturated carbocycles. The molecule has 104 valence electrons. The second-order valence-corrected chi connectivity index (χ2v) is 6.90. The van der Waals surface area contributed by atoms with Gasteiger partial charge in [-0.3, -0.25) is 0 Å². The van der Waals surface area contributed by atoms with Gasteiger partial charge in [0.15, 0.2) is 0 Å². The van der Waals surface area contributed by atoms with E-state index in [4.69, 9.17) is 28.2 Å². The van der Waals surface area contributed by atoms with Gasteiger partial charge >= 0.3 is 0 Å². The van der Waals surface area contributed by atoms with Crippen LogP contribution < -0.4 is 0 Å². The van der Waals surface area contributed by atoms with Gasteiger partial charge in [-0.2, -0.15) is 0 Å². The van der Waals surface area contributed by atoms with E-state index in [1.54, 1.807) is 5.54 Å². The summed E-state index contributed by atoms with van der Waals surface area (Å²) in [6.07, 6.45) is 8.06. The van der Waals surface area contributed by atoms with Gasteiger partial charge in [-0.15, -0.1) is 0 Å². The molecule has 0 aromatic heterocycles. The van der Waals surface area contributed by atoms with Crippen LogP contribution >= 0.6 is 35.0 Å². The largest absolute Gasteiger partial charge is 0.242 e. The average molecular weight is 324 g/mol. The Hall–Kier alpha value is -0.700. The fourth-order valence-electron chi connectivity index (χ4n) is 2.61. The maximum Gasteiger partial charge on any atom is 0.101 e. The zero-order valence-corrected chi connectivity index (χ0v) is 13.3. The highest BCUT2D eigenvalue weighted by Gasteiger charge is 2.31. The van der Waals surface area contributed by atoms with Crippen LogP contribution in [-0.4, -0.2) is 10.3 Å². The lowest BCUT2D eigenvalue weighted by molar-refractivity contribution is 0.489. The van der Waals surface area contributed by atoms with E-state index in [9.17, 15) is 0 Å². The Morgan fingerprint density at radius 2 is 2.05 bits per heavy atom. The summed E-state index contributed by atoms with van der Waals surface area (Å²) in [5.74, 6) is 0.694. The molecular weight excluding hydrogens is 309 g/mol. The van der Waals surface area contributed by atoms with Crippen molar-refractivity contribution in [2.75, 3.05) is 0 Å². The Morgan fingerprint density at radius 1 is 1.25 bits per heavy atom. The first-order chi connectivity index (χ1) is 9.76. The van der Waals surface area contributed by atoms with E-state index in [2.05, 4.69) is 12.2 Å². The predicted molar refractivity (Wildman–Crippen MR) is 90.3 cm³/mol. The highest BCUT2D eigenvalue weighted by Crippen LogP contribution is 2.42. The molecule has 1 nitrogen and oxygen atoms in total. The predicted octanol–water partition coefficient (Wildman–Crippen LogP) is 5.96. The van der Waals surface area contributed by atoms with Crippen molar-refractivity contribution in [3.8, 4) is 0 Å². The summed E-state index contributed by atoms with van der Waals surface area (Å²) in [7, 11) is 0. The summed E-state index contributed by atoms with van der Waals surface area (Å²) < 4.78 is 0. The minimum Gasteiger partial charge on any atom is -0.242 e. The van der Waals surface area contributed by atoms with E-state index in [1.807, 2.05) is 36.0 Å². The fraction of sp³-hybridized carbons (Fsp3) is 0.312. The van der Waals surface area contributed by atoms with Gasteiger partial charge in [0.25, 0.3) is 0 Å². The molecule has 1 aromatic rings. The first-order valence-corrected chi connectivity index (χ1v) is 8.43. The molecule has 0 amide bonds. The Kier molecular flexibility index (Phi) is 4.54. The molecule has 1 saturated heterocycles. The summed E-state index contributed by atoms with van der Waals surface area (Å²) in [4.78, 5) is 4.74. The van der Waals surface area contributed by atoms with Gasteiger partial charge in [-0.05, 0) is 55.0 Å². The normalized spacial score (nSPS) is 29.7. The number of halogens is 2. The van der Waals surface area contributed by atoms with Gasteiger partial charge < -0.3 is 0 Å². The zero-order valence-electron chi connectivity index (χ0n) is 10.9. The number of rotatable bonds is 1. The van der Waals surface area contributed by atoms with Crippen LogP contribution in [0.15, 0.2) is 52.5 Å². The maximum absolute atomic E-state index is 6.00. The molecule has 3 rings (SSSR count). The number of fused-ring (bicyclic) bond motifs is 1. The lowest BCUT2D eigenvalue weighted by atomic mass is 9.88. The van der Waals surface area contributed by atoms with E-state index in [0.29, 0.717) is 11.2 Å². The van der Waals surface area contributed by atoms with E-state index < -0.39 is 0 Å². The number of allylic oxidation sites excluding steroid dienone is 1. The first-order valence-electron chi connectivity index (χ1n) is 6.73. The Balaban J connectivity index is 1.88. The standard InChI is InChI=1S/C16H15Cl2NS/c17-10-12-9-11-3-1-2-4-15(11)20-16(12)19-14-7-5-13(18)6-8-14/h2,4-8,10-11,15H,1,3,9H2. The SMILES string of the molecule is ClC=C1CC2CCC=CC2SC1=Nc1ccc(Cl)cc1. The summed E-state index contributed by atoms with van der Waals surface area (Å²) in [6.45, 7) is 0. The lowest BCUT2D eigenvalue weighted by Crippen LogP contribution is -2.26. The fourth-order valence-corrected chi connectivity index (χ4v) is 4.32. The molecule has 0 spiro atoms. The minimum atomic E-state index is 0.537. The molecule has 1 heterocycles. The van der Waals surface area contributed by atoms with Gasteiger partial charge in [0, 0.05) is 15.8 Å². The van der Waals surface area contributed by atoms with Crippen molar-refractivity contribution < 1.29 is 0 Å². The molecule has 2 aliphatic rings. The van der Waals surface area contributed by atoms with E-state index in [1.165, 1.54) is 12.8 Å². The van der Waals surface area contributed by atoms with E-state index in [-0.39, 0.29) is 0 Å². The average Bonchev–Trinajstić information content (AvgIpc) is 2.49. The van der Waals surface area contributed by atoms with Crippen LogP contribution in [0.2, 0.25) is 5.02 Å². The number of benzene rings is 1. The molecule has 1 fully saturated rings. The van der Waals surface area contributed by atoms with Gasteiger partial charge in [0.2, 0.25) is 0 Å². The Morgan fingerprint density at radius 3 is 2.80 bits per heavy atom. The van der Waals surface area contributed by atoms with Gasteiger partial charge in [-0.1, -0.05) is 47.1 Å². The third-order valence-electron chi connectivity index (χ3n) is 3.69. The summed E-state index contributed by atoms with van der Waals surface area (Å²) in [6, 6.07) is 7.60. The molecule has 0 bridgehead atoms. The van der Waals surface area contributed by atoms with Crippen molar-refractivity contribution >= 4 is 45.7 Å². The number of hydrogen-bond acceptors (Lipinski definition) is 2. The molecular formula is C16H15Cl2NS. The molecule has 20 heavy (non-hydrogen) atoms. The maximum atomic E-state index is 6.00. The molecule has 0 N–H and O–H groups in total. The molecule has 1 aromatic carbocycles. The van der Waals surface area contributed by atoms with Crippen LogP contribution in [0.25, 0.3) is 0 Å². The van der Waals surface area contributed by atoms with Gasteiger partial charge in [0.1, 0.15) is 5.04 Å². The first kappa shape index (κ1) is 14.2. The third-order valence-corrected chi connectivity index (χ3v) is 5.59. The van der Waals surface area contributed by atoms with Crippen molar-refractivity contribution in [2.45, 2.75) is 24.5 Å². The number of nitrogens with zero attached hydrogens (tertiary/aromatic N) is 1. The van der Waals surface area contributed by atoms with Crippen LogP contribution in [0.5, 0.6) is 0 Å². The van der Waals surface area contributed by atoms with Crippen molar-refractivity contribution in [1.82, 2.24) is 0 Å². The Labute approximate surface area is 133 Å². The molecule has 0 radical (unpaired) electrons. The number of hydrogen-bond donors (Lipinski definition) is 0. The lowest BCUT2D eigenvalue weighted by Gasteiger charge is -2.33. The topological polar surface area (TPSA) is 12.4 Å².